The third-order valence-electron chi connectivity index (χ3n) is 3.18. The molecule has 2 N–H and O–H groups in total. The summed E-state index contributed by atoms with van der Waals surface area (Å²) in [6, 6.07) is 9.91. The fourth-order valence-electron chi connectivity index (χ4n) is 2.00. The van der Waals surface area contributed by atoms with Gasteiger partial charge in [-0.15, -0.1) is 11.3 Å². The third kappa shape index (κ3) is 6.69. The number of ether oxygens (including phenoxy) is 1. The highest BCUT2D eigenvalue weighted by atomic mass is 32.1. The van der Waals surface area contributed by atoms with Crippen LogP contribution in [-0.2, 0) is 6.54 Å². The van der Waals surface area contributed by atoms with Gasteiger partial charge in [0.1, 0.15) is 10.8 Å². The molecule has 0 bridgehead atoms. The number of aromatic nitrogens is 1. The summed E-state index contributed by atoms with van der Waals surface area (Å²) in [7, 11) is 1.78. The van der Waals surface area contributed by atoms with Crippen molar-refractivity contribution in [3.8, 4) is 5.75 Å². The van der Waals surface area contributed by atoms with Crippen molar-refractivity contribution < 1.29 is 4.74 Å². The summed E-state index contributed by atoms with van der Waals surface area (Å²) in [5.41, 5.74) is 0. The standard InChI is InChI=1S/C17H24N4OS/c1-14-12-20-16(23-14)13-21-17(18-2)19-10-6-7-11-22-15-8-4-3-5-9-15/h3-5,8-9,12H,6-7,10-11,13H2,1-2H3,(H2,18,19,21). The summed E-state index contributed by atoms with van der Waals surface area (Å²) in [6.07, 6.45) is 3.93. The maximum atomic E-state index is 5.67. The van der Waals surface area contributed by atoms with Crippen LogP contribution in [0, 0.1) is 6.92 Å². The maximum absolute atomic E-state index is 5.67. The van der Waals surface area contributed by atoms with E-state index in [0.717, 1.165) is 42.7 Å². The molecular formula is C17H24N4OS. The van der Waals surface area contributed by atoms with Crippen LogP contribution in [0.25, 0.3) is 0 Å². The normalized spacial score (nSPS) is 11.3. The fourth-order valence-corrected chi connectivity index (χ4v) is 2.73. The van der Waals surface area contributed by atoms with Gasteiger partial charge in [-0.2, -0.15) is 0 Å². The second-order valence-corrected chi connectivity index (χ2v) is 6.41. The van der Waals surface area contributed by atoms with E-state index in [1.165, 1.54) is 4.88 Å². The van der Waals surface area contributed by atoms with E-state index in [0.29, 0.717) is 6.54 Å². The van der Waals surface area contributed by atoms with E-state index in [4.69, 9.17) is 4.74 Å². The van der Waals surface area contributed by atoms with Crippen LogP contribution in [0.3, 0.4) is 0 Å². The van der Waals surface area contributed by atoms with Crippen molar-refractivity contribution in [3.05, 3.63) is 46.4 Å². The van der Waals surface area contributed by atoms with Gasteiger partial charge in [0.25, 0.3) is 0 Å². The Labute approximate surface area is 141 Å². The van der Waals surface area contributed by atoms with Gasteiger partial charge in [-0.1, -0.05) is 18.2 Å². The molecule has 6 heteroatoms. The number of nitrogens with zero attached hydrogens (tertiary/aromatic N) is 2. The van der Waals surface area contributed by atoms with Gasteiger partial charge in [0, 0.05) is 24.7 Å². The van der Waals surface area contributed by atoms with Crippen molar-refractivity contribution in [1.82, 2.24) is 15.6 Å². The molecule has 0 saturated carbocycles. The molecule has 0 saturated heterocycles. The minimum Gasteiger partial charge on any atom is -0.494 e. The number of hydrogen-bond acceptors (Lipinski definition) is 4. The zero-order valence-corrected chi connectivity index (χ0v) is 14.5. The molecule has 1 aromatic heterocycles. The van der Waals surface area contributed by atoms with Gasteiger partial charge < -0.3 is 15.4 Å². The van der Waals surface area contributed by atoms with Crippen molar-refractivity contribution in [2.45, 2.75) is 26.3 Å². The van der Waals surface area contributed by atoms with E-state index in [1.54, 1.807) is 18.4 Å². The van der Waals surface area contributed by atoms with Crippen molar-refractivity contribution in [3.63, 3.8) is 0 Å². The molecule has 1 heterocycles. The van der Waals surface area contributed by atoms with Crippen LogP contribution in [0.2, 0.25) is 0 Å². The molecule has 0 amide bonds. The molecule has 0 aliphatic carbocycles. The summed E-state index contributed by atoms with van der Waals surface area (Å²) in [5.74, 6) is 1.73. The quantitative estimate of drug-likeness (QED) is 0.443. The van der Waals surface area contributed by atoms with Gasteiger partial charge in [0.2, 0.25) is 0 Å². The predicted molar refractivity (Wildman–Crippen MR) is 96.2 cm³/mol. The number of nitrogens with one attached hydrogen (secondary N) is 2. The lowest BCUT2D eigenvalue weighted by Gasteiger charge is -2.11. The average Bonchev–Trinajstić information content (AvgIpc) is 3.00. The Hall–Kier alpha value is -2.08. The Morgan fingerprint density at radius 2 is 2.04 bits per heavy atom. The number of thiazole rings is 1. The van der Waals surface area contributed by atoms with Gasteiger partial charge in [-0.3, -0.25) is 4.99 Å². The zero-order valence-electron chi connectivity index (χ0n) is 13.7. The lowest BCUT2D eigenvalue weighted by molar-refractivity contribution is 0.307. The summed E-state index contributed by atoms with van der Waals surface area (Å²) >= 11 is 1.70. The van der Waals surface area contributed by atoms with Gasteiger partial charge in [0.15, 0.2) is 5.96 Å². The van der Waals surface area contributed by atoms with Crippen molar-refractivity contribution in [2.24, 2.45) is 4.99 Å². The smallest absolute Gasteiger partial charge is 0.191 e. The molecule has 0 radical (unpaired) electrons. The lowest BCUT2D eigenvalue weighted by Crippen LogP contribution is -2.37. The molecule has 0 aliphatic rings. The van der Waals surface area contributed by atoms with E-state index in [1.807, 2.05) is 36.5 Å². The van der Waals surface area contributed by atoms with E-state index in [-0.39, 0.29) is 0 Å². The van der Waals surface area contributed by atoms with E-state index in [9.17, 15) is 0 Å². The van der Waals surface area contributed by atoms with Crippen LogP contribution >= 0.6 is 11.3 Å². The largest absolute Gasteiger partial charge is 0.494 e. The number of guanidine groups is 1. The van der Waals surface area contributed by atoms with Crippen molar-refractivity contribution in [1.29, 1.82) is 0 Å². The lowest BCUT2D eigenvalue weighted by atomic mass is 10.3. The van der Waals surface area contributed by atoms with Crippen LogP contribution in [0.1, 0.15) is 22.7 Å². The molecule has 0 atom stereocenters. The van der Waals surface area contributed by atoms with Crippen molar-refractivity contribution in [2.75, 3.05) is 20.2 Å². The Balaban J connectivity index is 1.55. The van der Waals surface area contributed by atoms with E-state index in [2.05, 4.69) is 27.5 Å². The monoisotopic (exact) mass is 332 g/mol. The molecule has 2 rings (SSSR count). The first-order valence-corrected chi connectivity index (χ1v) is 8.63. The van der Waals surface area contributed by atoms with Crippen LogP contribution in [0.4, 0.5) is 0 Å². The molecule has 0 unspecified atom stereocenters. The van der Waals surface area contributed by atoms with Crippen LogP contribution in [0.5, 0.6) is 5.75 Å². The first kappa shape index (κ1) is 17.3. The summed E-state index contributed by atoms with van der Waals surface area (Å²) in [6.45, 7) is 4.37. The first-order valence-electron chi connectivity index (χ1n) is 7.81. The Kier molecular flexibility index (Phi) is 7.39. The minimum atomic E-state index is 0.704. The highest BCUT2D eigenvalue weighted by Crippen LogP contribution is 2.10. The van der Waals surface area contributed by atoms with Crippen molar-refractivity contribution >= 4 is 17.3 Å². The van der Waals surface area contributed by atoms with Gasteiger partial charge in [-0.25, -0.2) is 4.98 Å². The van der Waals surface area contributed by atoms with Crippen LogP contribution in [0.15, 0.2) is 41.5 Å². The Morgan fingerprint density at radius 3 is 2.74 bits per heavy atom. The Bertz CT molecular complexity index is 598. The molecule has 0 fully saturated rings. The fraction of sp³-hybridized carbons (Fsp3) is 0.412. The predicted octanol–water partition coefficient (Wildman–Crippen LogP) is 2.98. The summed E-state index contributed by atoms with van der Waals surface area (Å²) in [4.78, 5) is 9.77. The maximum Gasteiger partial charge on any atom is 0.191 e. The second kappa shape index (κ2) is 9.84. The highest BCUT2D eigenvalue weighted by molar-refractivity contribution is 7.11. The number of para-hydroxylation sites is 1. The van der Waals surface area contributed by atoms with Gasteiger partial charge in [-0.05, 0) is 31.9 Å². The SMILES string of the molecule is CN=C(NCCCCOc1ccccc1)NCc1ncc(C)s1. The van der Waals surface area contributed by atoms with E-state index < -0.39 is 0 Å². The zero-order chi connectivity index (χ0) is 16.3. The molecule has 0 spiro atoms. The van der Waals surface area contributed by atoms with Crippen LogP contribution in [-0.4, -0.2) is 31.1 Å². The molecule has 5 nitrogen and oxygen atoms in total. The molecule has 124 valence electrons. The van der Waals surface area contributed by atoms with Gasteiger partial charge in [0.05, 0.1) is 13.2 Å². The molecule has 23 heavy (non-hydrogen) atoms. The molecule has 0 aliphatic heterocycles. The number of aryl methyl sites for hydroxylation is 1. The first-order chi connectivity index (χ1) is 11.3. The Morgan fingerprint density at radius 1 is 1.22 bits per heavy atom. The number of hydrogen-bond donors (Lipinski definition) is 2. The third-order valence-corrected chi connectivity index (χ3v) is 4.09. The van der Waals surface area contributed by atoms with E-state index >= 15 is 0 Å². The topological polar surface area (TPSA) is 58.5 Å². The highest BCUT2D eigenvalue weighted by Gasteiger charge is 2.01. The number of benzene rings is 1. The summed E-state index contributed by atoms with van der Waals surface area (Å²) in [5, 5.41) is 7.65. The number of aliphatic imine (C=N–C) groups is 1. The molecule has 2 aromatic rings. The summed E-state index contributed by atoms with van der Waals surface area (Å²) < 4.78 is 5.67. The van der Waals surface area contributed by atoms with Gasteiger partial charge >= 0.3 is 0 Å². The second-order valence-electron chi connectivity index (χ2n) is 5.09. The minimum absolute atomic E-state index is 0.704. The molecular weight excluding hydrogens is 308 g/mol. The number of rotatable bonds is 8. The van der Waals surface area contributed by atoms with Crippen LogP contribution < -0.4 is 15.4 Å². The number of unbranched alkanes of at least 4 members (excludes halogenated alkanes) is 1. The average molecular weight is 332 g/mol. The molecule has 1 aromatic carbocycles.